The molecular formula is C14H20FN3O3. The zero-order valence-electron chi connectivity index (χ0n) is 12.4. The molecule has 7 heteroatoms. The Morgan fingerprint density at radius 3 is 2.57 bits per heavy atom. The van der Waals surface area contributed by atoms with Crippen molar-refractivity contribution in [3.63, 3.8) is 0 Å². The van der Waals surface area contributed by atoms with Crippen LogP contribution in [0.25, 0.3) is 0 Å². The SMILES string of the molecule is CC(C)(C)CC(CN)C(=O)Nc1ccc(F)c([N+](=O)[O-])c1. The number of carbonyl (C=O) groups excluding carboxylic acids is 1. The number of nitro groups is 1. The van der Waals surface area contributed by atoms with Crippen molar-refractivity contribution in [3.05, 3.63) is 34.1 Å². The Labute approximate surface area is 122 Å². The Hall–Kier alpha value is -2.02. The molecule has 0 aliphatic rings. The van der Waals surface area contributed by atoms with Gasteiger partial charge in [-0.05, 0) is 24.0 Å². The molecule has 0 aliphatic heterocycles. The number of carbonyl (C=O) groups is 1. The van der Waals surface area contributed by atoms with Crippen molar-refractivity contribution < 1.29 is 14.1 Å². The first kappa shape index (κ1) is 17.0. The highest BCUT2D eigenvalue weighted by Crippen LogP contribution is 2.26. The fourth-order valence-electron chi connectivity index (χ4n) is 2.00. The second-order valence-corrected chi connectivity index (χ2v) is 6.11. The van der Waals surface area contributed by atoms with E-state index in [0.29, 0.717) is 6.42 Å². The fourth-order valence-corrected chi connectivity index (χ4v) is 2.00. The smallest absolute Gasteiger partial charge is 0.306 e. The predicted octanol–water partition coefficient (Wildman–Crippen LogP) is 2.68. The molecule has 0 fully saturated rings. The van der Waals surface area contributed by atoms with Gasteiger partial charge in [-0.3, -0.25) is 14.9 Å². The minimum atomic E-state index is -0.942. The van der Waals surface area contributed by atoms with Gasteiger partial charge in [-0.2, -0.15) is 4.39 Å². The van der Waals surface area contributed by atoms with Gasteiger partial charge < -0.3 is 11.1 Å². The summed E-state index contributed by atoms with van der Waals surface area (Å²) >= 11 is 0. The van der Waals surface area contributed by atoms with Crippen LogP contribution in [0.4, 0.5) is 15.8 Å². The van der Waals surface area contributed by atoms with E-state index in [2.05, 4.69) is 5.32 Å². The summed E-state index contributed by atoms with van der Waals surface area (Å²) < 4.78 is 13.2. The molecule has 1 rings (SSSR count). The van der Waals surface area contributed by atoms with Gasteiger partial charge in [0, 0.05) is 18.3 Å². The maximum atomic E-state index is 13.2. The van der Waals surface area contributed by atoms with Crippen molar-refractivity contribution in [1.29, 1.82) is 0 Å². The standard InChI is InChI=1S/C14H20FN3O3/c1-14(2,3)7-9(8-16)13(19)17-10-4-5-11(15)12(6-10)18(20)21/h4-6,9H,7-8,16H2,1-3H3,(H,17,19). The molecule has 116 valence electrons. The summed E-state index contributed by atoms with van der Waals surface area (Å²) in [4.78, 5) is 22.0. The van der Waals surface area contributed by atoms with Crippen molar-refractivity contribution in [1.82, 2.24) is 0 Å². The Kier molecular flexibility index (Phi) is 5.37. The molecular weight excluding hydrogens is 277 g/mol. The van der Waals surface area contributed by atoms with Gasteiger partial charge in [0.25, 0.3) is 0 Å². The number of hydrogen-bond donors (Lipinski definition) is 2. The van der Waals surface area contributed by atoms with Crippen molar-refractivity contribution in [2.45, 2.75) is 27.2 Å². The van der Waals surface area contributed by atoms with E-state index in [1.807, 2.05) is 20.8 Å². The molecule has 0 spiro atoms. The summed E-state index contributed by atoms with van der Waals surface area (Å²) in [7, 11) is 0. The van der Waals surface area contributed by atoms with Crippen LogP contribution in [0.1, 0.15) is 27.2 Å². The van der Waals surface area contributed by atoms with Crippen molar-refractivity contribution in [3.8, 4) is 0 Å². The van der Waals surface area contributed by atoms with Gasteiger partial charge in [0.15, 0.2) is 0 Å². The third-order valence-electron chi connectivity index (χ3n) is 2.92. The number of amides is 1. The lowest BCUT2D eigenvalue weighted by atomic mass is 9.84. The highest BCUT2D eigenvalue weighted by Gasteiger charge is 2.24. The molecule has 6 nitrogen and oxygen atoms in total. The summed E-state index contributed by atoms with van der Waals surface area (Å²) in [5.41, 5.74) is 5.04. The van der Waals surface area contributed by atoms with E-state index in [0.717, 1.165) is 12.1 Å². The van der Waals surface area contributed by atoms with E-state index in [1.165, 1.54) is 6.07 Å². The Balaban J connectivity index is 2.87. The van der Waals surface area contributed by atoms with Crippen LogP contribution in [0.15, 0.2) is 18.2 Å². The van der Waals surface area contributed by atoms with Gasteiger partial charge in [0.1, 0.15) is 0 Å². The first-order valence-corrected chi connectivity index (χ1v) is 6.59. The highest BCUT2D eigenvalue weighted by molar-refractivity contribution is 5.93. The van der Waals surface area contributed by atoms with Gasteiger partial charge in [0.05, 0.1) is 10.8 Å². The topological polar surface area (TPSA) is 98.3 Å². The lowest BCUT2D eigenvalue weighted by Crippen LogP contribution is -2.32. The molecule has 0 bridgehead atoms. The lowest BCUT2D eigenvalue weighted by Gasteiger charge is -2.24. The first-order valence-electron chi connectivity index (χ1n) is 6.59. The molecule has 0 saturated carbocycles. The van der Waals surface area contributed by atoms with Crippen molar-refractivity contribution in [2.75, 3.05) is 11.9 Å². The largest absolute Gasteiger partial charge is 0.330 e. The zero-order valence-corrected chi connectivity index (χ0v) is 12.4. The number of anilines is 1. The van der Waals surface area contributed by atoms with Gasteiger partial charge in [0.2, 0.25) is 11.7 Å². The molecule has 1 amide bonds. The summed E-state index contributed by atoms with van der Waals surface area (Å²) in [5.74, 6) is -1.68. The molecule has 21 heavy (non-hydrogen) atoms. The Morgan fingerprint density at radius 1 is 1.48 bits per heavy atom. The number of nitro benzene ring substituents is 1. The predicted molar refractivity (Wildman–Crippen MR) is 78.3 cm³/mol. The van der Waals surface area contributed by atoms with Gasteiger partial charge >= 0.3 is 5.69 Å². The Morgan fingerprint density at radius 2 is 2.10 bits per heavy atom. The van der Waals surface area contributed by atoms with Gasteiger partial charge in [-0.1, -0.05) is 20.8 Å². The number of nitrogens with one attached hydrogen (secondary N) is 1. The molecule has 1 atom stereocenters. The fraction of sp³-hybridized carbons (Fsp3) is 0.500. The van der Waals surface area contributed by atoms with Gasteiger partial charge in [-0.15, -0.1) is 0 Å². The molecule has 3 N–H and O–H groups in total. The van der Waals surface area contributed by atoms with Crippen LogP contribution in [0.2, 0.25) is 0 Å². The average Bonchev–Trinajstić information content (AvgIpc) is 2.36. The normalized spacial score (nSPS) is 12.8. The number of halogens is 1. The highest BCUT2D eigenvalue weighted by atomic mass is 19.1. The monoisotopic (exact) mass is 297 g/mol. The van der Waals surface area contributed by atoms with E-state index >= 15 is 0 Å². The summed E-state index contributed by atoms with van der Waals surface area (Å²) in [6.45, 7) is 6.15. The summed E-state index contributed by atoms with van der Waals surface area (Å²) in [5, 5.41) is 13.2. The van der Waals surface area contributed by atoms with Crippen LogP contribution in [0, 0.1) is 27.3 Å². The van der Waals surface area contributed by atoms with E-state index in [4.69, 9.17) is 5.73 Å². The maximum Gasteiger partial charge on any atom is 0.306 e. The zero-order chi connectivity index (χ0) is 16.2. The number of benzene rings is 1. The third kappa shape index (κ3) is 5.11. The molecule has 1 aromatic carbocycles. The van der Waals surface area contributed by atoms with E-state index in [9.17, 15) is 19.3 Å². The van der Waals surface area contributed by atoms with Crippen LogP contribution in [-0.4, -0.2) is 17.4 Å². The van der Waals surface area contributed by atoms with E-state index in [-0.39, 0.29) is 23.6 Å². The van der Waals surface area contributed by atoms with Crippen LogP contribution in [0.5, 0.6) is 0 Å². The number of nitrogens with zero attached hydrogens (tertiary/aromatic N) is 1. The van der Waals surface area contributed by atoms with E-state index in [1.54, 1.807) is 0 Å². The lowest BCUT2D eigenvalue weighted by molar-refractivity contribution is -0.387. The van der Waals surface area contributed by atoms with E-state index < -0.39 is 22.3 Å². The Bertz CT molecular complexity index is 541. The van der Waals surface area contributed by atoms with Crippen LogP contribution in [-0.2, 0) is 4.79 Å². The number of rotatable bonds is 5. The molecule has 0 aromatic heterocycles. The summed E-state index contributed by atoms with van der Waals surface area (Å²) in [6, 6.07) is 3.23. The summed E-state index contributed by atoms with van der Waals surface area (Å²) in [6.07, 6.45) is 0.582. The number of hydrogen-bond acceptors (Lipinski definition) is 4. The quantitative estimate of drug-likeness (QED) is 0.644. The van der Waals surface area contributed by atoms with Crippen LogP contribution >= 0.6 is 0 Å². The third-order valence-corrected chi connectivity index (χ3v) is 2.92. The average molecular weight is 297 g/mol. The second-order valence-electron chi connectivity index (χ2n) is 6.11. The molecule has 1 unspecified atom stereocenters. The molecule has 0 aliphatic carbocycles. The minimum absolute atomic E-state index is 0.0732. The van der Waals surface area contributed by atoms with Gasteiger partial charge in [-0.25, -0.2) is 0 Å². The number of nitrogens with two attached hydrogens (primary N) is 1. The second kappa shape index (κ2) is 6.62. The minimum Gasteiger partial charge on any atom is -0.330 e. The molecule has 1 aromatic rings. The van der Waals surface area contributed by atoms with Crippen molar-refractivity contribution >= 4 is 17.3 Å². The maximum absolute atomic E-state index is 13.2. The molecule has 0 radical (unpaired) electrons. The van der Waals surface area contributed by atoms with Crippen molar-refractivity contribution in [2.24, 2.45) is 17.1 Å². The molecule has 0 heterocycles. The first-order chi connectivity index (χ1) is 9.64. The molecule has 0 saturated heterocycles. The van der Waals surface area contributed by atoms with Crippen LogP contribution in [0.3, 0.4) is 0 Å². The van der Waals surface area contributed by atoms with Crippen LogP contribution < -0.4 is 11.1 Å².